The van der Waals surface area contributed by atoms with Crippen molar-refractivity contribution >= 4 is 40.3 Å². The van der Waals surface area contributed by atoms with Crippen LogP contribution in [-0.2, 0) is 10.3 Å². The number of amides is 1. The van der Waals surface area contributed by atoms with Gasteiger partial charge in [0.05, 0.1) is 5.71 Å². The Kier molecular flexibility index (Phi) is 4.22. The zero-order chi connectivity index (χ0) is 20.9. The van der Waals surface area contributed by atoms with Crippen LogP contribution in [0.4, 0.5) is 20.2 Å². The summed E-state index contributed by atoms with van der Waals surface area (Å²) >= 11 is 5.63. The lowest BCUT2D eigenvalue weighted by Gasteiger charge is -2.43. The molecule has 148 valence electrons. The Balaban J connectivity index is 1.73. The number of carbonyl (C=O) groups excluding carboxylic acids is 1. The minimum atomic E-state index is -1.18. The van der Waals surface area contributed by atoms with Crippen LogP contribution < -0.4 is 10.2 Å². The van der Waals surface area contributed by atoms with Crippen LogP contribution in [0.1, 0.15) is 17.5 Å². The SMILES string of the molecule is O=C1Nc2ccccc2[C@]12CC(c1ccc(F)cc1)=NC(=S)N2c1ccc(F)cc1. The van der Waals surface area contributed by atoms with E-state index in [1.807, 2.05) is 24.3 Å². The second-order valence-corrected chi connectivity index (χ2v) is 7.56. The van der Waals surface area contributed by atoms with Gasteiger partial charge in [0.15, 0.2) is 5.54 Å². The van der Waals surface area contributed by atoms with Gasteiger partial charge < -0.3 is 5.32 Å². The Morgan fingerprint density at radius 2 is 1.57 bits per heavy atom. The summed E-state index contributed by atoms with van der Waals surface area (Å²) in [7, 11) is 0. The number of fused-ring (bicyclic) bond motifs is 2. The summed E-state index contributed by atoms with van der Waals surface area (Å²) in [6, 6.07) is 19.2. The maximum absolute atomic E-state index is 13.6. The molecule has 5 rings (SSSR count). The minimum absolute atomic E-state index is 0.180. The number of benzene rings is 3. The lowest BCUT2D eigenvalue weighted by molar-refractivity contribution is -0.120. The molecule has 0 aliphatic carbocycles. The van der Waals surface area contributed by atoms with Gasteiger partial charge in [-0.15, -0.1) is 0 Å². The average molecular weight is 419 g/mol. The van der Waals surface area contributed by atoms with E-state index in [0.717, 1.165) is 5.56 Å². The molecule has 2 heterocycles. The first kappa shape index (κ1) is 18.6. The fourth-order valence-electron chi connectivity index (χ4n) is 4.12. The molecule has 2 aliphatic rings. The van der Waals surface area contributed by atoms with Crippen molar-refractivity contribution in [2.45, 2.75) is 12.0 Å². The molecule has 0 saturated heterocycles. The number of hydrogen-bond acceptors (Lipinski definition) is 2. The molecule has 0 fully saturated rings. The van der Waals surface area contributed by atoms with E-state index < -0.39 is 5.54 Å². The molecular formula is C23H15F2N3OS. The number of halogens is 2. The van der Waals surface area contributed by atoms with Gasteiger partial charge in [-0.2, -0.15) is 0 Å². The first-order chi connectivity index (χ1) is 14.5. The van der Waals surface area contributed by atoms with Crippen molar-refractivity contribution in [1.29, 1.82) is 0 Å². The van der Waals surface area contributed by atoms with Crippen molar-refractivity contribution in [2.75, 3.05) is 10.2 Å². The Morgan fingerprint density at radius 3 is 2.27 bits per heavy atom. The second kappa shape index (κ2) is 6.81. The average Bonchev–Trinajstić information content (AvgIpc) is 3.01. The van der Waals surface area contributed by atoms with Crippen molar-refractivity contribution in [3.63, 3.8) is 0 Å². The van der Waals surface area contributed by atoms with E-state index in [1.54, 1.807) is 29.2 Å². The Hall–Kier alpha value is -3.45. The second-order valence-electron chi connectivity index (χ2n) is 7.20. The predicted octanol–water partition coefficient (Wildman–Crippen LogP) is 4.80. The van der Waals surface area contributed by atoms with Gasteiger partial charge in [0.2, 0.25) is 5.11 Å². The first-order valence-electron chi connectivity index (χ1n) is 9.33. The lowest BCUT2D eigenvalue weighted by Crippen LogP contribution is -2.57. The zero-order valence-electron chi connectivity index (χ0n) is 15.6. The number of carbonyl (C=O) groups is 1. The molecule has 7 heteroatoms. The third kappa shape index (κ3) is 2.74. The molecule has 3 aromatic carbocycles. The number of thiocarbonyl (C=S) groups is 1. The number of rotatable bonds is 2. The molecule has 1 N–H and O–H groups in total. The van der Waals surface area contributed by atoms with Crippen molar-refractivity contribution in [2.24, 2.45) is 4.99 Å². The van der Waals surface area contributed by atoms with Gasteiger partial charge in [0.1, 0.15) is 11.6 Å². The van der Waals surface area contributed by atoms with Crippen LogP contribution in [0, 0.1) is 11.6 Å². The summed E-state index contributed by atoms with van der Waals surface area (Å²) in [6.45, 7) is 0. The standard InChI is InChI=1S/C23H15F2N3OS/c24-15-7-5-14(6-8-15)20-13-23(18-3-1-2-4-19(18)26-21(23)29)28(22(30)27-20)17-11-9-16(25)10-12-17/h1-12H,13H2,(H,26,29)/t23-/m1/s1. The topological polar surface area (TPSA) is 44.7 Å². The van der Waals surface area contributed by atoms with Crippen molar-refractivity contribution in [3.05, 3.63) is 95.6 Å². The summed E-state index contributed by atoms with van der Waals surface area (Å²) in [5, 5.41) is 3.12. The van der Waals surface area contributed by atoms with Crippen molar-refractivity contribution in [3.8, 4) is 0 Å². The lowest BCUT2D eigenvalue weighted by atomic mass is 9.81. The molecule has 0 radical (unpaired) electrons. The van der Waals surface area contributed by atoms with Gasteiger partial charge in [-0.25, -0.2) is 13.8 Å². The molecule has 0 unspecified atom stereocenters. The summed E-state index contributed by atoms with van der Waals surface area (Å²) < 4.78 is 27.0. The van der Waals surface area contributed by atoms with E-state index in [9.17, 15) is 13.6 Å². The van der Waals surface area contributed by atoms with Crippen LogP contribution in [0.2, 0.25) is 0 Å². The molecule has 3 aromatic rings. The molecule has 1 amide bonds. The van der Waals surface area contributed by atoms with Gasteiger partial charge >= 0.3 is 0 Å². The van der Waals surface area contributed by atoms with Gasteiger partial charge in [0.25, 0.3) is 5.91 Å². The molecule has 0 saturated carbocycles. The molecule has 1 spiro atoms. The molecule has 30 heavy (non-hydrogen) atoms. The van der Waals surface area contributed by atoms with Crippen LogP contribution >= 0.6 is 12.2 Å². The molecule has 0 bridgehead atoms. The van der Waals surface area contributed by atoms with Crippen molar-refractivity contribution in [1.82, 2.24) is 0 Å². The molecule has 1 atom stereocenters. The highest BCUT2D eigenvalue weighted by Crippen LogP contribution is 2.47. The number of nitrogens with one attached hydrogen (secondary N) is 1. The Morgan fingerprint density at radius 1 is 0.933 bits per heavy atom. The molecule has 4 nitrogen and oxygen atoms in total. The summed E-state index contributed by atoms with van der Waals surface area (Å²) in [6.07, 6.45) is 0.221. The van der Waals surface area contributed by atoms with Crippen LogP contribution in [0.5, 0.6) is 0 Å². The summed E-state index contributed by atoms with van der Waals surface area (Å²) in [4.78, 5) is 19.7. The van der Waals surface area contributed by atoms with E-state index in [0.29, 0.717) is 22.6 Å². The van der Waals surface area contributed by atoms with E-state index >= 15 is 0 Å². The fourth-order valence-corrected chi connectivity index (χ4v) is 4.49. The summed E-state index contributed by atoms with van der Waals surface area (Å²) in [5.74, 6) is -0.989. The van der Waals surface area contributed by atoms with E-state index in [4.69, 9.17) is 12.2 Å². The number of hydrogen-bond donors (Lipinski definition) is 1. The minimum Gasteiger partial charge on any atom is -0.323 e. The predicted molar refractivity (Wildman–Crippen MR) is 116 cm³/mol. The molecule has 0 aromatic heterocycles. The molecular weight excluding hydrogens is 404 g/mol. The highest BCUT2D eigenvalue weighted by atomic mass is 32.1. The third-order valence-electron chi connectivity index (χ3n) is 5.49. The van der Waals surface area contributed by atoms with Crippen molar-refractivity contribution < 1.29 is 13.6 Å². The Bertz CT molecular complexity index is 1210. The number of anilines is 2. The van der Waals surface area contributed by atoms with Crippen LogP contribution in [0.25, 0.3) is 0 Å². The van der Waals surface area contributed by atoms with Gasteiger partial charge in [0, 0.05) is 23.4 Å². The normalized spacial score (nSPS) is 20.2. The smallest absolute Gasteiger partial charge is 0.255 e. The Labute approximate surface area is 176 Å². The highest BCUT2D eigenvalue weighted by molar-refractivity contribution is 7.80. The maximum Gasteiger partial charge on any atom is 0.255 e. The van der Waals surface area contributed by atoms with Crippen LogP contribution in [0.3, 0.4) is 0 Å². The van der Waals surface area contributed by atoms with Gasteiger partial charge in [-0.05, 0) is 60.2 Å². The van der Waals surface area contributed by atoms with E-state index in [-0.39, 0.29) is 29.1 Å². The maximum atomic E-state index is 13.6. The largest absolute Gasteiger partial charge is 0.323 e. The van der Waals surface area contributed by atoms with Gasteiger partial charge in [-0.3, -0.25) is 9.69 Å². The van der Waals surface area contributed by atoms with Crippen LogP contribution in [-0.4, -0.2) is 16.7 Å². The quantitative estimate of drug-likeness (QED) is 0.607. The third-order valence-corrected chi connectivity index (χ3v) is 5.76. The highest BCUT2D eigenvalue weighted by Gasteiger charge is 2.55. The van der Waals surface area contributed by atoms with E-state index in [2.05, 4.69) is 10.3 Å². The van der Waals surface area contributed by atoms with Crippen LogP contribution in [0.15, 0.2) is 77.8 Å². The molecule has 2 aliphatic heterocycles. The van der Waals surface area contributed by atoms with Gasteiger partial charge in [-0.1, -0.05) is 30.3 Å². The summed E-state index contributed by atoms with van der Waals surface area (Å²) in [5.41, 5.74) is 2.11. The zero-order valence-corrected chi connectivity index (χ0v) is 16.4. The monoisotopic (exact) mass is 419 g/mol. The first-order valence-corrected chi connectivity index (χ1v) is 9.74. The number of nitrogens with zero attached hydrogens (tertiary/aromatic N) is 2. The number of aliphatic imine (C=N–C) groups is 1. The number of para-hydroxylation sites is 1. The fraction of sp³-hybridized carbons (Fsp3) is 0.0870. The van der Waals surface area contributed by atoms with E-state index in [1.165, 1.54) is 24.3 Å².